The second-order valence-electron chi connectivity index (χ2n) is 7.86. The van der Waals surface area contributed by atoms with Crippen molar-refractivity contribution in [2.45, 2.75) is 32.9 Å². The summed E-state index contributed by atoms with van der Waals surface area (Å²) in [7, 11) is 3.22. The molecule has 31 heavy (non-hydrogen) atoms. The first-order valence-electron chi connectivity index (χ1n) is 10.3. The van der Waals surface area contributed by atoms with Gasteiger partial charge >= 0.3 is 0 Å². The number of ether oxygens (including phenoxy) is 3. The lowest BCUT2D eigenvalue weighted by atomic mass is 9.88. The molecule has 5 heteroatoms. The smallest absolute Gasteiger partial charge is 0.271 e. The summed E-state index contributed by atoms with van der Waals surface area (Å²) in [6, 6.07) is 19.3. The van der Waals surface area contributed by atoms with E-state index in [1.54, 1.807) is 14.2 Å². The van der Waals surface area contributed by atoms with Crippen LogP contribution in [-0.2, 0) is 4.79 Å². The number of hydrogen-bond acceptors (Lipinski definition) is 4. The number of rotatable bonds is 6. The first-order valence-corrected chi connectivity index (χ1v) is 10.3. The van der Waals surface area contributed by atoms with E-state index in [0.717, 1.165) is 27.9 Å². The van der Waals surface area contributed by atoms with Crippen LogP contribution in [0.5, 0.6) is 17.2 Å². The van der Waals surface area contributed by atoms with Gasteiger partial charge in [0.2, 0.25) is 6.10 Å². The highest BCUT2D eigenvalue weighted by atomic mass is 16.5. The lowest BCUT2D eigenvalue weighted by molar-refractivity contribution is -0.135. The van der Waals surface area contributed by atoms with Gasteiger partial charge in [0.15, 0.2) is 11.5 Å². The highest BCUT2D eigenvalue weighted by Gasteiger charge is 2.51. The Morgan fingerprint density at radius 1 is 0.774 bits per heavy atom. The lowest BCUT2D eigenvalue weighted by Crippen LogP contribution is -2.62. The Morgan fingerprint density at radius 3 is 2.23 bits per heavy atom. The molecule has 0 N–H and O–H groups in total. The Hall–Kier alpha value is -3.47. The summed E-state index contributed by atoms with van der Waals surface area (Å²) in [5.41, 5.74) is 4.96. The van der Waals surface area contributed by atoms with Crippen molar-refractivity contribution in [3.8, 4) is 17.2 Å². The number of para-hydroxylation sites is 1. The van der Waals surface area contributed by atoms with E-state index in [1.807, 2.05) is 80.3 Å². The molecule has 1 heterocycles. The van der Waals surface area contributed by atoms with Gasteiger partial charge in [-0.05, 0) is 67.3 Å². The molecule has 1 aliphatic rings. The SMILES string of the molecule is COc1ccc([C@H]2[C@@H](Oc3ccccc3C)C(=O)N2c2cc(C)ccc2C)cc1OC. The van der Waals surface area contributed by atoms with Crippen molar-refractivity contribution < 1.29 is 19.0 Å². The molecular formula is C26H27NO4. The third kappa shape index (κ3) is 3.72. The lowest BCUT2D eigenvalue weighted by Gasteiger charge is -2.47. The Bertz CT molecular complexity index is 1120. The van der Waals surface area contributed by atoms with Gasteiger partial charge in [-0.2, -0.15) is 0 Å². The Kier molecular flexibility index (Phi) is 5.59. The molecule has 1 aliphatic heterocycles. The quantitative estimate of drug-likeness (QED) is 0.520. The second kappa shape index (κ2) is 8.34. The molecular weight excluding hydrogens is 390 g/mol. The largest absolute Gasteiger partial charge is 0.493 e. The van der Waals surface area contributed by atoms with Crippen molar-refractivity contribution in [1.82, 2.24) is 0 Å². The topological polar surface area (TPSA) is 48.0 Å². The van der Waals surface area contributed by atoms with Crippen LogP contribution >= 0.6 is 0 Å². The van der Waals surface area contributed by atoms with E-state index in [9.17, 15) is 4.79 Å². The zero-order valence-electron chi connectivity index (χ0n) is 18.5. The minimum atomic E-state index is -0.626. The number of benzene rings is 3. The summed E-state index contributed by atoms with van der Waals surface area (Å²) in [5.74, 6) is 1.92. The van der Waals surface area contributed by atoms with E-state index >= 15 is 0 Å². The maximum atomic E-state index is 13.3. The number of carbonyl (C=O) groups excluding carboxylic acids is 1. The molecule has 0 spiro atoms. The first kappa shape index (κ1) is 20.8. The molecule has 3 aromatic carbocycles. The van der Waals surface area contributed by atoms with Gasteiger partial charge in [-0.1, -0.05) is 36.4 Å². The Balaban J connectivity index is 1.78. The standard InChI is InChI=1S/C26H27NO4/c1-16-10-11-17(2)20(14-16)27-24(19-12-13-22(29-4)23(15-19)30-5)25(26(27)28)31-21-9-7-6-8-18(21)3/h6-15,24-25H,1-5H3/t24-,25+/m0/s1. The van der Waals surface area contributed by atoms with Crippen molar-refractivity contribution in [2.75, 3.05) is 19.1 Å². The zero-order valence-corrected chi connectivity index (χ0v) is 18.5. The van der Waals surface area contributed by atoms with Crippen molar-refractivity contribution in [3.05, 3.63) is 82.9 Å². The number of anilines is 1. The summed E-state index contributed by atoms with van der Waals surface area (Å²) in [4.78, 5) is 15.2. The van der Waals surface area contributed by atoms with Crippen LogP contribution < -0.4 is 19.1 Å². The molecule has 0 saturated carbocycles. The van der Waals surface area contributed by atoms with E-state index in [4.69, 9.17) is 14.2 Å². The highest BCUT2D eigenvalue weighted by molar-refractivity contribution is 6.06. The molecule has 0 unspecified atom stereocenters. The number of carbonyl (C=O) groups is 1. The molecule has 0 aromatic heterocycles. The van der Waals surface area contributed by atoms with E-state index in [2.05, 4.69) is 6.07 Å². The number of aryl methyl sites for hydroxylation is 3. The molecule has 4 rings (SSSR count). The molecule has 0 radical (unpaired) electrons. The van der Waals surface area contributed by atoms with Crippen molar-refractivity contribution >= 4 is 11.6 Å². The number of amides is 1. The van der Waals surface area contributed by atoms with Gasteiger partial charge in [0, 0.05) is 5.69 Å². The van der Waals surface area contributed by atoms with E-state index in [1.165, 1.54) is 0 Å². The molecule has 3 aromatic rings. The van der Waals surface area contributed by atoms with Crippen LogP contribution in [0, 0.1) is 20.8 Å². The van der Waals surface area contributed by atoms with Crippen LogP contribution in [0.3, 0.4) is 0 Å². The Labute approximate surface area is 183 Å². The summed E-state index contributed by atoms with van der Waals surface area (Å²) in [5, 5.41) is 0. The van der Waals surface area contributed by atoms with E-state index in [-0.39, 0.29) is 11.9 Å². The molecule has 0 aliphatic carbocycles. The average Bonchev–Trinajstić information content (AvgIpc) is 2.78. The third-order valence-electron chi connectivity index (χ3n) is 5.77. The van der Waals surface area contributed by atoms with Gasteiger partial charge < -0.3 is 14.2 Å². The van der Waals surface area contributed by atoms with Gasteiger partial charge in [0.25, 0.3) is 5.91 Å². The molecule has 2 atom stereocenters. The molecule has 1 saturated heterocycles. The number of methoxy groups -OCH3 is 2. The normalized spacial score (nSPS) is 17.8. The Morgan fingerprint density at radius 2 is 1.52 bits per heavy atom. The number of hydrogen-bond donors (Lipinski definition) is 0. The summed E-state index contributed by atoms with van der Waals surface area (Å²) >= 11 is 0. The molecule has 1 fully saturated rings. The summed E-state index contributed by atoms with van der Waals surface area (Å²) in [6.07, 6.45) is -0.626. The van der Waals surface area contributed by atoms with Crippen molar-refractivity contribution in [2.24, 2.45) is 0 Å². The van der Waals surface area contributed by atoms with E-state index < -0.39 is 6.10 Å². The second-order valence-corrected chi connectivity index (χ2v) is 7.86. The van der Waals surface area contributed by atoms with Crippen LogP contribution in [0.4, 0.5) is 5.69 Å². The predicted molar refractivity (Wildman–Crippen MR) is 121 cm³/mol. The maximum absolute atomic E-state index is 13.3. The fraction of sp³-hybridized carbons (Fsp3) is 0.269. The third-order valence-corrected chi connectivity index (χ3v) is 5.77. The fourth-order valence-corrected chi connectivity index (χ4v) is 4.01. The summed E-state index contributed by atoms with van der Waals surface area (Å²) in [6.45, 7) is 6.02. The highest BCUT2D eigenvalue weighted by Crippen LogP contribution is 2.44. The zero-order chi connectivity index (χ0) is 22.1. The molecule has 1 amide bonds. The molecule has 160 valence electrons. The van der Waals surface area contributed by atoms with Crippen molar-refractivity contribution in [3.63, 3.8) is 0 Å². The monoisotopic (exact) mass is 417 g/mol. The van der Waals surface area contributed by atoms with E-state index in [0.29, 0.717) is 17.2 Å². The number of β-lactam (4-membered cyclic amide) rings is 1. The maximum Gasteiger partial charge on any atom is 0.271 e. The van der Waals surface area contributed by atoms with Crippen LogP contribution in [0.25, 0.3) is 0 Å². The summed E-state index contributed by atoms with van der Waals surface area (Å²) < 4.78 is 17.2. The van der Waals surface area contributed by atoms with Crippen LogP contribution in [0.15, 0.2) is 60.7 Å². The van der Waals surface area contributed by atoms with Gasteiger partial charge in [0.1, 0.15) is 11.8 Å². The van der Waals surface area contributed by atoms with Gasteiger partial charge in [0.05, 0.1) is 14.2 Å². The van der Waals surface area contributed by atoms with Gasteiger partial charge in [-0.15, -0.1) is 0 Å². The van der Waals surface area contributed by atoms with Gasteiger partial charge in [-0.25, -0.2) is 0 Å². The number of nitrogens with zero attached hydrogens (tertiary/aromatic N) is 1. The van der Waals surface area contributed by atoms with Gasteiger partial charge in [-0.3, -0.25) is 9.69 Å². The molecule has 0 bridgehead atoms. The first-order chi connectivity index (χ1) is 14.9. The average molecular weight is 418 g/mol. The van der Waals surface area contributed by atoms with Crippen LogP contribution in [0.1, 0.15) is 28.3 Å². The van der Waals surface area contributed by atoms with Crippen LogP contribution in [0.2, 0.25) is 0 Å². The minimum Gasteiger partial charge on any atom is -0.493 e. The fourth-order valence-electron chi connectivity index (χ4n) is 4.01. The molecule has 5 nitrogen and oxygen atoms in total. The minimum absolute atomic E-state index is 0.0586. The predicted octanol–water partition coefficient (Wildman–Crippen LogP) is 5.16. The van der Waals surface area contributed by atoms with Crippen LogP contribution in [-0.4, -0.2) is 26.2 Å². The van der Waals surface area contributed by atoms with Crippen molar-refractivity contribution in [1.29, 1.82) is 0 Å².